The van der Waals surface area contributed by atoms with E-state index >= 15 is 0 Å². The van der Waals surface area contributed by atoms with Crippen LogP contribution in [0.3, 0.4) is 0 Å². The normalized spacial score (nSPS) is 12.2. The number of amides is 2. The van der Waals surface area contributed by atoms with Crippen molar-refractivity contribution in [3.05, 3.63) is 63.6 Å². The minimum Gasteiger partial charge on any atom is -0.354 e. The zero-order valence-electron chi connectivity index (χ0n) is 19.5. The molecule has 0 fully saturated rings. The van der Waals surface area contributed by atoms with Crippen molar-refractivity contribution in [1.82, 2.24) is 10.2 Å². The summed E-state index contributed by atoms with van der Waals surface area (Å²) in [5, 5.41) is 3.39. The molecule has 192 valence electrons. The van der Waals surface area contributed by atoms with Gasteiger partial charge < -0.3 is 10.2 Å². The van der Waals surface area contributed by atoms with E-state index in [1.807, 2.05) is 6.92 Å². The summed E-state index contributed by atoms with van der Waals surface area (Å²) in [4.78, 5) is 27.6. The Kier molecular flexibility index (Phi) is 10.3. The Labute approximate surface area is 214 Å². The summed E-state index contributed by atoms with van der Waals surface area (Å²) in [6.07, 6.45) is 1.75. The Bertz CT molecular complexity index is 1180. The van der Waals surface area contributed by atoms with Gasteiger partial charge in [-0.25, -0.2) is 17.2 Å². The molecule has 0 aromatic heterocycles. The van der Waals surface area contributed by atoms with E-state index in [2.05, 4.69) is 5.32 Å². The van der Waals surface area contributed by atoms with Gasteiger partial charge in [-0.05, 0) is 42.7 Å². The number of sulfonamides is 1. The van der Waals surface area contributed by atoms with E-state index in [0.717, 1.165) is 18.4 Å². The van der Waals surface area contributed by atoms with Crippen LogP contribution < -0.4 is 9.62 Å². The van der Waals surface area contributed by atoms with Crippen LogP contribution in [0.2, 0.25) is 10.0 Å². The Hall–Kier alpha value is -2.43. The van der Waals surface area contributed by atoms with E-state index in [-0.39, 0.29) is 23.7 Å². The number of hydrogen-bond donors (Lipinski definition) is 1. The van der Waals surface area contributed by atoms with Crippen molar-refractivity contribution in [3.63, 3.8) is 0 Å². The summed E-state index contributed by atoms with van der Waals surface area (Å²) in [5.41, 5.74) is 0.262. The van der Waals surface area contributed by atoms with Crippen molar-refractivity contribution in [2.24, 2.45) is 0 Å². The van der Waals surface area contributed by atoms with Gasteiger partial charge in [-0.15, -0.1) is 0 Å². The summed E-state index contributed by atoms with van der Waals surface area (Å²) in [7, 11) is -4.08. The first-order chi connectivity index (χ1) is 16.4. The van der Waals surface area contributed by atoms with Crippen LogP contribution in [0.4, 0.5) is 14.5 Å². The fraction of sp³-hybridized carbons (Fsp3) is 0.391. The molecule has 7 nitrogen and oxygen atoms in total. The smallest absolute Gasteiger partial charge is 0.244 e. The zero-order chi connectivity index (χ0) is 26.3. The number of nitrogens with zero attached hydrogens (tertiary/aromatic N) is 2. The molecule has 0 aliphatic rings. The Morgan fingerprint density at radius 1 is 1.06 bits per heavy atom. The highest BCUT2D eigenvalue weighted by atomic mass is 35.5. The maximum Gasteiger partial charge on any atom is 0.244 e. The highest BCUT2D eigenvalue weighted by Gasteiger charge is 2.32. The largest absolute Gasteiger partial charge is 0.354 e. The van der Waals surface area contributed by atoms with Crippen molar-refractivity contribution in [2.75, 3.05) is 23.7 Å². The van der Waals surface area contributed by atoms with Crippen LogP contribution >= 0.6 is 23.2 Å². The van der Waals surface area contributed by atoms with Gasteiger partial charge in [-0.1, -0.05) is 43.1 Å². The van der Waals surface area contributed by atoms with Crippen LogP contribution in [-0.4, -0.2) is 50.5 Å². The quantitative estimate of drug-likeness (QED) is 0.450. The van der Waals surface area contributed by atoms with Crippen LogP contribution in [-0.2, 0) is 26.2 Å². The van der Waals surface area contributed by atoms with Gasteiger partial charge in [0.1, 0.15) is 12.6 Å². The summed E-state index contributed by atoms with van der Waals surface area (Å²) < 4.78 is 52.8. The van der Waals surface area contributed by atoms with E-state index in [4.69, 9.17) is 23.2 Å². The summed E-state index contributed by atoms with van der Waals surface area (Å²) in [5.74, 6) is -3.57. The van der Waals surface area contributed by atoms with E-state index in [1.54, 1.807) is 19.1 Å². The van der Waals surface area contributed by atoms with Crippen LogP contribution in [0.5, 0.6) is 0 Å². The molecule has 35 heavy (non-hydrogen) atoms. The van der Waals surface area contributed by atoms with Crippen molar-refractivity contribution >= 4 is 50.7 Å². The lowest BCUT2D eigenvalue weighted by Crippen LogP contribution is -2.52. The SMILES string of the molecule is CCCNC(=O)C(CC)N(Cc1ccc(Cl)cc1Cl)C(=O)CN(c1ccc(F)c(F)c1)S(C)(=O)=O. The van der Waals surface area contributed by atoms with Gasteiger partial charge >= 0.3 is 0 Å². The molecule has 1 atom stereocenters. The van der Waals surface area contributed by atoms with Gasteiger partial charge in [0.25, 0.3) is 0 Å². The van der Waals surface area contributed by atoms with Gasteiger partial charge in [0.05, 0.1) is 11.9 Å². The van der Waals surface area contributed by atoms with Gasteiger partial charge in [-0.2, -0.15) is 0 Å². The second-order valence-electron chi connectivity index (χ2n) is 7.84. The van der Waals surface area contributed by atoms with E-state index < -0.39 is 46.1 Å². The molecule has 2 aromatic rings. The van der Waals surface area contributed by atoms with E-state index in [9.17, 15) is 26.8 Å². The summed E-state index contributed by atoms with van der Waals surface area (Å²) in [6.45, 7) is 3.13. The van der Waals surface area contributed by atoms with E-state index in [1.165, 1.54) is 11.0 Å². The lowest BCUT2D eigenvalue weighted by Gasteiger charge is -2.33. The second kappa shape index (κ2) is 12.5. The molecule has 2 amide bonds. The number of benzene rings is 2. The minimum absolute atomic E-state index is 0.109. The second-order valence-corrected chi connectivity index (χ2v) is 10.6. The molecular formula is C23H27Cl2F2N3O4S. The summed E-state index contributed by atoms with van der Waals surface area (Å²) in [6, 6.07) is 6.24. The molecular weight excluding hydrogens is 523 g/mol. The zero-order valence-corrected chi connectivity index (χ0v) is 21.9. The lowest BCUT2D eigenvalue weighted by atomic mass is 10.1. The molecule has 0 saturated heterocycles. The van der Waals surface area contributed by atoms with Crippen LogP contribution in [0.1, 0.15) is 32.3 Å². The first kappa shape index (κ1) is 28.8. The van der Waals surface area contributed by atoms with Gasteiger partial charge in [-0.3, -0.25) is 13.9 Å². The molecule has 0 bridgehead atoms. The van der Waals surface area contributed by atoms with Crippen LogP contribution in [0, 0.1) is 11.6 Å². The van der Waals surface area contributed by atoms with Gasteiger partial charge in [0.2, 0.25) is 21.8 Å². The number of carbonyl (C=O) groups excluding carboxylic acids is 2. The number of halogens is 4. The molecule has 0 spiro atoms. The van der Waals surface area contributed by atoms with Gasteiger partial charge in [0.15, 0.2) is 11.6 Å². The average molecular weight is 550 g/mol. The van der Waals surface area contributed by atoms with Crippen LogP contribution in [0.25, 0.3) is 0 Å². The molecule has 2 rings (SSSR count). The predicted molar refractivity (Wildman–Crippen MR) is 133 cm³/mol. The number of rotatable bonds is 11. The highest BCUT2D eigenvalue weighted by Crippen LogP contribution is 2.25. The van der Waals surface area contributed by atoms with Crippen molar-refractivity contribution in [3.8, 4) is 0 Å². The predicted octanol–water partition coefficient (Wildman–Crippen LogP) is 4.37. The Balaban J connectivity index is 2.48. The fourth-order valence-corrected chi connectivity index (χ4v) is 4.68. The van der Waals surface area contributed by atoms with Crippen molar-refractivity contribution in [2.45, 2.75) is 39.3 Å². The molecule has 2 aromatic carbocycles. The third kappa shape index (κ3) is 7.78. The molecule has 1 N–H and O–H groups in total. The number of nitrogens with one attached hydrogen (secondary N) is 1. The van der Waals surface area contributed by atoms with Crippen molar-refractivity contribution in [1.29, 1.82) is 0 Å². The maximum atomic E-state index is 13.8. The molecule has 0 aliphatic carbocycles. The molecule has 0 saturated carbocycles. The standard InChI is InChI=1S/C23H27Cl2F2N3O4S/c1-4-10-28-23(32)21(5-2)29(13-15-6-7-16(24)11-18(15)25)22(31)14-30(35(3,33)34)17-8-9-19(26)20(27)12-17/h6-9,11-12,21H,4-5,10,13-14H2,1-3H3,(H,28,32). The molecule has 0 aliphatic heterocycles. The topological polar surface area (TPSA) is 86.8 Å². The fourth-order valence-electron chi connectivity index (χ4n) is 3.37. The average Bonchev–Trinajstić information content (AvgIpc) is 2.78. The number of hydrogen-bond acceptors (Lipinski definition) is 4. The molecule has 1 unspecified atom stereocenters. The first-order valence-corrected chi connectivity index (χ1v) is 13.4. The Morgan fingerprint density at radius 2 is 1.74 bits per heavy atom. The lowest BCUT2D eigenvalue weighted by molar-refractivity contribution is -0.140. The van der Waals surface area contributed by atoms with E-state index in [0.29, 0.717) is 33.9 Å². The Morgan fingerprint density at radius 3 is 2.29 bits per heavy atom. The summed E-state index contributed by atoms with van der Waals surface area (Å²) >= 11 is 12.3. The first-order valence-electron chi connectivity index (χ1n) is 10.8. The molecule has 12 heteroatoms. The van der Waals surface area contributed by atoms with Crippen molar-refractivity contribution < 1.29 is 26.8 Å². The highest BCUT2D eigenvalue weighted by molar-refractivity contribution is 7.92. The van der Waals surface area contributed by atoms with Gasteiger partial charge in [0, 0.05) is 29.2 Å². The number of carbonyl (C=O) groups is 2. The minimum atomic E-state index is -4.08. The third-order valence-corrected chi connectivity index (χ3v) is 6.89. The third-order valence-electron chi connectivity index (χ3n) is 5.16. The molecule has 0 heterocycles. The maximum absolute atomic E-state index is 13.8. The molecule has 0 radical (unpaired) electrons. The number of anilines is 1. The monoisotopic (exact) mass is 549 g/mol. The van der Waals surface area contributed by atoms with Crippen LogP contribution in [0.15, 0.2) is 36.4 Å².